The number of H-pyrrole nitrogens is 1. The summed E-state index contributed by atoms with van der Waals surface area (Å²) < 4.78 is 0. The van der Waals surface area contributed by atoms with Gasteiger partial charge in [-0.05, 0) is 30.2 Å². The number of imidazole rings is 1. The van der Waals surface area contributed by atoms with Crippen LogP contribution in [0.5, 0.6) is 0 Å². The maximum Gasteiger partial charge on any atom is 0.106 e. The Morgan fingerprint density at radius 2 is 1.86 bits per heavy atom. The molecule has 1 N–H and O–H groups in total. The van der Waals surface area contributed by atoms with Crippen LogP contribution in [0.2, 0.25) is 0 Å². The molecule has 0 spiro atoms. The summed E-state index contributed by atoms with van der Waals surface area (Å²) in [7, 11) is 0. The largest absolute Gasteiger partial charge is 0.346 e. The minimum Gasteiger partial charge on any atom is -0.346 e. The van der Waals surface area contributed by atoms with Crippen LogP contribution in [0, 0.1) is 18.3 Å². The van der Waals surface area contributed by atoms with E-state index in [0.29, 0.717) is 5.56 Å². The Kier molecular flexibility index (Phi) is 6.82. The summed E-state index contributed by atoms with van der Waals surface area (Å²) in [4.78, 5) is 12.7. The van der Waals surface area contributed by atoms with Gasteiger partial charge in [0.15, 0.2) is 0 Å². The van der Waals surface area contributed by atoms with Crippen LogP contribution in [0.3, 0.4) is 0 Å². The summed E-state index contributed by atoms with van der Waals surface area (Å²) in [5, 5.41) is 12.1. The number of benzene rings is 2. The Morgan fingerprint density at radius 3 is 2.62 bits per heavy atom. The lowest BCUT2D eigenvalue weighted by Gasteiger charge is -2.01. The van der Waals surface area contributed by atoms with Crippen LogP contribution in [-0.4, -0.2) is 15.0 Å². The SMILES string of the molecule is Cc1ccccc1-c1csc(CCc2ncc(Cc3ccc(C#N)cc3)[nH]2)n1.Cl. The van der Waals surface area contributed by atoms with Crippen molar-refractivity contribution in [1.29, 1.82) is 5.26 Å². The Labute approximate surface area is 180 Å². The topological polar surface area (TPSA) is 65.4 Å². The molecule has 146 valence electrons. The van der Waals surface area contributed by atoms with Gasteiger partial charge in [-0.15, -0.1) is 23.7 Å². The highest BCUT2D eigenvalue weighted by molar-refractivity contribution is 7.09. The molecule has 0 saturated carbocycles. The van der Waals surface area contributed by atoms with Crippen molar-refractivity contribution >= 4 is 23.7 Å². The van der Waals surface area contributed by atoms with Gasteiger partial charge in [-0.2, -0.15) is 5.26 Å². The number of thiazole rings is 1. The fourth-order valence-electron chi connectivity index (χ4n) is 3.17. The molecule has 4 rings (SSSR count). The van der Waals surface area contributed by atoms with Gasteiger partial charge in [0.05, 0.1) is 22.3 Å². The Balaban J connectivity index is 0.00000240. The van der Waals surface area contributed by atoms with Crippen LogP contribution in [0.15, 0.2) is 60.1 Å². The van der Waals surface area contributed by atoms with E-state index >= 15 is 0 Å². The van der Waals surface area contributed by atoms with Gasteiger partial charge in [0.1, 0.15) is 5.82 Å². The minimum absolute atomic E-state index is 0. The normalized spacial score (nSPS) is 10.3. The molecule has 29 heavy (non-hydrogen) atoms. The number of nitrogens with one attached hydrogen (secondary N) is 1. The smallest absolute Gasteiger partial charge is 0.106 e. The van der Waals surface area contributed by atoms with Crippen LogP contribution in [0.1, 0.15) is 33.2 Å². The molecule has 0 aliphatic heterocycles. The molecular formula is C23H21ClN4S. The van der Waals surface area contributed by atoms with Crippen LogP contribution in [0.25, 0.3) is 11.3 Å². The molecule has 0 bridgehead atoms. The van der Waals surface area contributed by atoms with E-state index < -0.39 is 0 Å². The molecule has 0 fully saturated rings. The number of nitriles is 1. The van der Waals surface area contributed by atoms with Crippen molar-refractivity contribution in [2.24, 2.45) is 0 Å². The molecule has 0 unspecified atom stereocenters. The molecule has 2 aromatic heterocycles. The van der Waals surface area contributed by atoms with E-state index in [1.165, 1.54) is 11.1 Å². The van der Waals surface area contributed by atoms with E-state index in [1.807, 2.05) is 30.5 Å². The first-order valence-corrected chi connectivity index (χ1v) is 10.1. The predicted octanol–water partition coefficient (Wildman–Crippen LogP) is 5.51. The van der Waals surface area contributed by atoms with E-state index in [1.54, 1.807) is 11.3 Å². The third kappa shape index (κ3) is 5.11. The maximum atomic E-state index is 8.88. The molecule has 0 aliphatic rings. The second kappa shape index (κ2) is 9.51. The number of hydrogen-bond acceptors (Lipinski definition) is 4. The zero-order valence-corrected chi connectivity index (χ0v) is 17.7. The first-order chi connectivity index (χ1) is 13.7. The highest BCUT2D eigenvalue weighted by Crippen LogP contribution is 2.25. The average Bonchev–Trinajstić information content (AvgIpc) is 3.37. The standard InChI is InChI=1S/C23H20N4S.ClH/c1-16-4-2-3-5-20(16)21-15-28-23(27-21)11-10-22-25-14-19(26-22)12-17-6-8-18(13-24)9-7-17;/h2-9,14-15H,10-12H2,1H3,(H,25,26);1H. The van der Waals surface area contributed by atoms with Crippen molar-refractivity contribution in [3.05, 3.63) is 93.3 Å². The Hall–Kier alpha value is -2.94. The molecule has 0 atom stereocenters. The second-order valence-corrected chi connectivity index (χ2v) is 7.72. The fraction of sp³-hybridized carbons (Fsp3) is 0.174. The average molecular weight is 421 g/mol. The van der Waals surface area contributed by atoms with E-state index in [0.717, 1.165) is 47.0 Å². The number of halogens is 1. The van der Waals surface area contributed by atoms with Gasteiger partial charge in [-0.25, -0.2) is 9.97 Å². The molecule has 6 heteroatoms. The summed E-state index contributed by atoms with van der Waals surface area (Å²) in [6, 6.07) is 18.2. The molecule has 0 amide bonds. The van der Waals surface area contributed by atoms with Gasteiger partial charge in [0, 0.05) is 42.1 Å². The first-order valence-electron chi connectivity index (χ1n) is 9.23. The molecule has 0 aliphatic carbocycles. The number of hydrogen-bond donors (Lipinski definition) is 1. The Morgan fingerprint density at radius 1 is 1.07 bits per heavy atom. The van der Waals surface area contributed by atoms with Crippen LogP contribution in [-0.2, 0) is 19.3 Å². The molecule has 4 nitrogen and oxygen atoms in total. The lowest BCUT2D eigenvalue weighted by atomic mass is 10.1. The van der Waals surface area contributed by atoms with Gasteiger partial charge < -0.3 is 4.98 Å². The number of rotatable bonds is 6. The van der Waals surface area contributed by atoms with Gasteiger partial charge in [-0.3, -0.25) is 0 Å². The van der Waals surface area contributed by atoms with E-state index in [9.17, 15) is 0 Å². The Bertz CT molecular complexity index is 1120. The second-order valence-electron chi connectivity index (χ2n) is 6.78. The van der Waals surface area contributed by atoms with Crippen LogP contribution >= 0.6 is 23.7 Å². The van der Waals surface area contributed by atoms with Gasteiger partial charge in [0.2, 0.25) is 0 Å². The first kappa shape index (κ1) is 20.8. The van der Waals surface area contributed by atoms with Crippen molar-refractivity contribution in [3.8, 4) is 17.3 Å². The number of aromatic nitrogens is 3. The highest BCUT2D eigenvalue weighted by Gasteiger charge is 2.08. The monoisotopic (exact) mass is 420 g/mol. The van der Waals surface area contributed by atoms with E-state index in [4.69, 9.17) is 10.2 Å². The molecular weight excluding hydrogens is 400 g/mol. The van der Waals surface area contributed by atoms with Gasteiger partial charge in [0.25, 0.3) is 0 Å². The lowest BCUT2D eigenvalue weighted by molar-refractivity contribution is 0.870. The van der Waals surface area contributed by atoms with Crippen molar-refractivity contribution < 1.29 is 0 Å². The summed E-state index contributed by atoms with van der Waals surface area (Å²) >= 11 is 1.71. The third-order valence-corrected chi connectivity index (χ3v) is 5.62. The molecule has 2 aromatic carbocycles. The zero-order chi connectivity index (χ0) is 19.3. The highest BCUT2D eigenvalue weighted by atomic mass is 35.5. The van der Waals surface area contributed by atoms with Crippen molar-refractivity contribution in [3.63, 3.8) is 0 Å². The van der Waals surface area contributed by atoms with E-state index in [-0.39, 0.29) is 12.4 Å². The predicted molar refractivity (Wildman–Crippen MR) is 119 cm³/mol. The van der Waals surface area contributed by atoms with Crippen LogP contribution < -0.4 is 0 Å². The van der Waals surface area contributed by atoms with Crippen molar-refractivity contribution in [2.45, 2.75) is 26.2 Å². The van der Waals surface area contributed by atoms with E-state index in [2.05, 4.69) is 52.6 Å². The van der Waals surface area contributed by atoms with Crippen molar-refractivity contribution in [1.82, 2.24) is 15.0 Å². The minimum atomic E-state index is 0. The summed E-state index contributed by atoms with van der Waals surface area (Å²) in [6.45, 7) is 2.12. The lowest BCUT2D eigenvalue weighted by Crippen LogP contribution is -1.94. The zero-order valence-electron chi connectivity index (χ0n) is 16.1. The molecule has 4 aromatic rings. The fourth-order valence-corrected chi connectivity index (χ4v) is 3.97. The number of nitrogens with zero attached hydrogens (tertiary/aromatic N) is 3. The van der Waals surface area contributed by atoms with Gasteiger partial charge in [-0.1, -0.05) is 36.4 Å². The summed E-state index contributed by atoms with van der Waals surface area (Å²) in [5.74, 6) is 0.983. The third-order valence-electron chi connectivity index (χ3n) is 4.71. The van der Waals surface area contributed by atoms with Gasteiger partial charge >= 0.3 is 0 Å². The van der Waals surface area contributed by atoms with Crippen LogP contribution in [0.4, 0.5) is 0 Å². The summed E-state index contributed by atoms with van der Waals surface area (Å²) in [6.07, 6.45) is 4.40. The maximum absolute atomic E-state index is 8.88. The quantitative estimate of drug-likeness (QED) is 0.447. The number of aromatic amines is 1. The molecule has 0 radical (unpaired) electrons. The molecule has 2 heterocycles. The summed E-state index contributed by atoms with van der Waals surface area (Å²) in [5.41, 5.74) is 6.43. The molecule has 0 saturated heterocycles. The van der Waals surface area contributed by atoms with Crippen molar-refractivity contribution in [2.75, 3.05) is 0 Å². The number of aryl methyl sites for hydroxylation is 3.